The zero-order chi connectivity index (χ0) is 13.6. The van der Waals surface area contributed by atoms with E-state index in [0.717, 1.165) is 16.0 Å². The van der Waals surface area contributed by atoms with Crippen molar-refractivity contribution in [1.82, 2.24) is 15.2 Å². The van der Waals surface area contributed by atoms with Gasteiger partial charge < -0.3 is 0 Å². The highest BCUT2D eigenvalue weighted by atomic mass is 16.2. The van der Waals surface area contributed by atoms with Crippen LogP contribution >= 0.6 is 0 Å². The summed E-state index contributed by atoms with van der Waals surface area (Å²) in [6.07, 6.45) is 4.35. The minimum Gasteiger partial charge on any atom is -0.277 e. The molecular weight excluding hydrogens is 246 g/mol. The molecule has 2 heterocycles. The summed E-state index contributed by atoms with van der Waals surface area (Å²) >= 11 is 0. The Morgan fingerprint density at radius 1 is 1.37 bits per heavy atom. The number of aryl methyl sites for hydroxylation is 1. The smallest absolute Gasteiger partial charge is 0.277 e. The third-order valence-electron chi connectivity index (χ3n) is 3.77. The highest BCUT2D eigenvalue weighted by Gasteiger charge is 2.62. The second-order valence-electron chi connectivity index (χ2n) is 5.03. The van der Waals surface area contributed by atoms with Crippen molar-refractivity contribution in [3.63, 3.8) is 0 Å². The number of urea groups is 1. The summed E-state index contributed by atoms with van der Waals surface area (Å²) in [4.78, 5) is 40.8. The molecule has 0 radical (unpaired) electrons. The van der Waals surface area contributed by atoms with E-state index < -0.39 is 17.4 Å². The second-order valence-corrected chi connectivity index (χ2v) is 5.03. The van der Waals surface area contributed by atoms with Crippen molar-refractivity contribution in [1.29, 1.82) is 0 Å². The summed E-state index contributed by atoms with van der Waals surface area (Å²) in [5.41, 5.74) is 0.781. The summed E-state index contributed by atoms with van der Waals surface area (Å²) in [5, 5.41) is 2.26. The predicted molar refractivity (Wildman–Crippen MR) is 64.7 cm³/mol. The highest BCUT2D eigenvalue weighted by Crippen LogP contribution is 2.49. The van der Waals surface area contributed by atoms with E-state index in [1.165, 1.54) is 0 Å². The van der Waals surface area contributed by atoms with Crippen LogP contribution in [0, 0.1) is 12.3 Å². The molecule has 98 valence electrons. The molecule has 0 atom stereocenters. The number of amides is 4. The van der Waals surface area contributed by atoms with Gasteiger partial charge in [-0.3, -0.25) is 24.8 Å². The summed E-state index contributed by atoms with van der Waals surface area (Å²) < 4.78 is 0. The van der Waals surface area contributed by atoms with Gasteiger partial charge in [-0.15, -0.1) is 0 Å². The molecule has 4 amide bonds. The average molecular weight is 259 g/mol. The van der Waals surface area contributed by atoms with E-state index in [1.807, 2.05) is 6.92 Å². The first-order valence-corrected chi connectivity index (χ1v) is 6.11. The molecule has 1 aromatic heterocycles. The summed E-state index contributed by atoms with van der Waals surface area (Å²) in [6, 6.07) is 1.13. The van der Waals surface area contributed by atoms with Gasteiger partial charge in [0.05, 0.1) is 6.54 Å². The van der Waals surface area contributed by atoms with Gasteiger partial charge in [0.2, 0.25) is 11.8 Å². The number of hydrogen-bond donors (Lipinski definition) is 1. The molecule has 0 bridgehead atoms. The number of nitrogens with zero attached hydrogens (tertiary/aromatic N) is 2. The Morgan fingerprint density at radius 2 is 2.11 bits per heavy atom. The van der Waals surface area contributed by atoms with Gasteiger partial charge in [0.25, 0.3) is 0 Å². The van der Waals surface area contributed by atoms with Crippen molar-refractivity contribution in [2.75, 3.05) is 0 Å². The van der Waals surface area contributed by atoms with Crippen LogP contribution in [-0.4, -0.2) is 27.7 Å². The van der Waals surface area contributed by atoms with E-state index in [9.17, 15) is 14.4 Å². The number of hydrogen-bond acceptors (Lipinski definition) is 4. The topological polar surface area (TPSA) is 79.4 Å². The van der Waals surface area contributed by atoms with Crippen LogP contribution in [0.2, 0.25) is 0 Å². The number of pyridine rings is 1. The number of barbiturate groups is 1. The molecule has 1 aliphatic carbocycles. The zero-order valence-electron chi connectivity index (χ0n) is 10.5. The van der Waals surface area contributed by atoms with Crippen LogP contribution in [0.5, 0.6) is 0 Å². The number of rotatable bonds is 2. The monoisotopic (exact) mass is 259 g/mol. The molecule has 0 unspecified atom stereocenters. The second kappa shape index (κ2) is 3.88. The van der Waals surface area contributed by atoms with Gasteiger partial charge in [0, 0.05) is 12.4 Å². The number of aromatic nitrogens is 1. The van der Waals surface area contributed by atoms with Crippen molar-refractivity contribution in [2.24, 2.45) is 5.41 Å². The zero-order valence-corrected chi connectivity index (χ0v) is 10.5. The van der Waals surface area contributed by atoms with E-state index in [0.29, 0.717) is 12.8 Å². The van der Waals surface area contributed by atoms with Gasteiger partial charge in [-0.25, -0.2) is 4.79 Å². The van der Waals surface area contributed by atoms with Gasteiger partial charge in [-0.2, -0.15) is 0 Å². The van der Waals surface area contributed by atoms with Crippen LogP contribution < -0.4 is 5.32 Å². The Morgan fingerprint density at radius 3 is 2.74 bits per heavy atom. The van der Waals surface area contributed by atoms with Crippen molar-refractivity contribution in [2.45, 2.75) is 26.3 Å². The van der Waals surface area contributed by atoms with Crippen molar-refractivity contribution in [3.05, 3.63) is 29.6 Å². The first kappa shape index (κ1) is 11.8. The molecule has 1 saturated heterocycles. The third kappa shape index (κ3) is 1.71. The van der Waals surface area contributed by atoms with Crippen molar-refractivity contribution < 1.29 is 14.4 Å². The van der Waals surface area contributed by atoms with E-state index in [1.54, 1.807) is 18.5 Å². The van der Waals surface area contributed by atoms with E-state index in [-0.39, 0.29) is 12.5 Å². The average Bonchev–Trinajstić information content (AvgIpc) is 3.16. The Bertz CT molecular complexity index is 593. The molecule has 0 aromatic carbocycles. The Hall–Kier alpha value is -2.24. The summed E-state index contributed by atoms with van der Waals surface area (Å²) in [6.45, 7) is 2.04. The molecule has 3 rings (SSSR count). The van der Waals surface area contributed by atoms with Crippen LogP contribution in [-0.2, 0) is 16.1 Å². The van der Waals surface area contributed by atoms with Crippen molar-refractivity contribution in [3.8, 4) is 0 Å². The normalized spacial score (nSPS) is 20.7. The number of nitrogens with one attached hydrogen (secondary N) is 1. The SMILES string of the molecule is Cc1cnccc1CN1C(=O)NC(=O)C2(CC2)C1=O. The number of imide groups is 2. The highest BCUT2D eigenvalue weighted by molar-refractivity contribution is 6.20. The van der Waals surface area contributed by atoms with E-state index in [4.69, 9.17) is 0 Å². The van der Waals surface area contributed by atoms with Gasteiger partial charge in [0.15, 0.2) is 0 Å². The lowest BCUT2D eigenvalue weighted by atomic mass is 10.0. The lowest BCUT2D eigenvalue weighted by Gasteiger charge is -2.30. The maximum atomic E-state index is 12.3. The third-order valence-corrected chi connectivity index (χ3v) is 3.77. The lowest BCUT2D eigenvalue weighted by Crippen LogP contribution is -2.58. The predicted octanol–water partition coefficient (Wildman–Crippen LogP) is 0.749. The quantitative estimate of drug-likeness (QED) is 0.795. The van der Waals surface area contributed by atoms with Crippen LogP contribution in [0.15, 0.2) is 18.5 Å². The van der Waals surface area contributed by atoms with Crippen LogP contribution in [0.1, 0.15) is 24.0 Å². The van der Waals surface area contributed by atoms with Gasteiger partial charge >= 0.3 is 6.03 Å². The molecule has 1 saturated carbocycles. The molecule has 2 aliphatic rings. The molecule has 6 heteroatoms. The molecule has 1 aromatic rings. The molecular formula is C13H13N3O3. The molecule has 19 heavy (non-hydrogen) atoms. The number of carbonyl (C=O) groups is 3. The maximum absolute atomic E-state index is 12.3. The van der Waals surface area contributed by atoms with Crippen LogP contribution in [0.4, 0.5) is 4.79 Å². The lowest BCUT2D eigenvalue weighted by molar-refractivity contribution is -0.145. The molecule has 1 spiro atoms. The minimum absolute atomic E-state index is 0.175. The standard InChI is InChI=1S/C13H13N3O3/c1-8-6-14-5-2-9(8)7-16-11(18)13(3-4-13)10(17)15-12(16)19/h2,5-6H,3-4,7H2,1H3,(H,15,17,19). The minimum atomic E-state index is -0.977. The Kier molecular flexibility index (Phi) is 2.41. The fraction of sp³-hybridized carbons (Fsp3) is 0.385. The van der Waals surface area contributed by atoms with Crippen LogP contribution in [0.25, 0.3) is 0 Å². The summed E-state index contributed by atoms with van der Waals surface area (Å²) in [7, 11) is 0. The Balaban J connectivity index is 1.88. The van der Waals surface area contributed by atoms with Gasteiger partial charge in [-0.05, 0) is 37.0 Å². The van der Waals surface area contributed by atoms with Crippen LogP contribution in [0.3, 0.4) is 0 Å². The fourth-order valence-electron chi connectivity index (χ4n) is 2.29. The van der Waals surface area contributed by atoms with Gasteiger partial charge in [0.1, 0.15) is 5.41 Å². The molecule has 1 aliphatic heterocycles. The summed E-state index contributed by atoms with van der Waals surface area (Å²) in [5.74, 6) is -0.831. The first-order chi connectivity index (χ1) is 9.04. The molecule has 6 nitrogen and oxygen atoms in total. The van der Waals surface area contributed by atoms with Crippen molar-refractivity contribution >= 4 is 17.8 Å². The molecule has 1 N–H and O–H groups in total. The fourth-order valence-corrected chi connectivity index (χ4v) is 2.29. The van der Waals surface area contributed by atoms with E-state index >= 15 is 0 Å². The van der Waals surface area contributed by atoms with Gasteiger partial charge in [-0.1, -0.05) is 0 Å². The number of carbonyl (C=O) groups excluding carboxylic acids is 3. The molecule has 2 fully saturated rings. The maximum Gasteiger partial charge on any atom is 0.331 e. The van der Waals surface area contributed by atoms with E-state index in [2.05, 4.69) is 10.3 Å². The largest absolute Gasteiger partial charge is 0.331 e. The Labute approximate surface area is 109 Å². The first-order valence-electron chi connectivity index (χ1n) is 6.11.